The van der Waals surface area contributed by atoms with Crippen molar-refractivity contribution in [3.8, 4) is 18.2 Å². The van der Waals surface area contributed by atoms with Crippen LogP contribution in [0.15, 0.2) is 35.6 Å². The van der Waals surface area contributed by atoms with E-state index in [-0.39, 0.29) is 53.8 Å². The second-order valence-electron chi connectivity index (χ2n) is 15.6. The van der Waals surface area contributed by atoms with Crippen LogP contribution < -0.4 is 4.74 Å². The Labute approximate surface area is 310 Å². The fourth-order valence-electron chi connectivity index (χ4n) is 6.18. The number of nitrogens with zero attached hydrogens (tertiary/aromatic N) is 5. The van der Waals surface area contributed by atoms with Crippen molar-refractivity contribution in [2.45, 2.75) is 82.1 Å². The molecule has 1 aromatic carbocycles. The van der Waals surface area contributed by atoms with Gasteiger partial charge in [0.2, 0.25) is 11.8 Å². The van der Waals surface area contributed by atoms with Gasteiger partial charge in [0.25, 0.3) is 0 Å². The standard InChI is InChI=1S/C37H48FN5O7SSi/c1-9-14-49-31-23-39-28(22-40-31)29(44)20-25-10-11-27(38)26(19-25)36(5)30-21-37(30,32(45)42-12-15-47-16-13-42)51-33(41-36)43(34(46)50-35(2,3)4)24-48-17-18-52(6,7)8/h1,10-11,19,22-23,30H,12-18,20-21,24H2,2-8H3/t30-,36+,37-/m0/s1. The van der Waals surface area contributed by atoms with E-state index in [2.05, 4.69) is 35.5 Å². The van der Waals surface area contributed by atoms with Crippen LogP contribution in [0, 0.1) is 24.1 Å². The SMILES string of the molecule is C#CCOc1cnc(C(=O)Cc2ccc(F)c([C@@]3(C)N=C(N(COCC[Si](C)(C)C)C(=O)OC(C)(C)C)S[C@@]4(C(=O)N5CCOCC5)C[C@H]43)c2)cn1. The van der Waals surface area contributed by atoms with Crippen molar-refractivity contribution in [2.75, 3.05) is 46.2 Å². The Kier molecular flexibility index (Phi) is 11.8. The first-order chi connectivity index (χ1) is 24.5. The molecule has 12 nitrogen and oxygen atoms in total. The summed E-state index contributed by atoms with van der Waals surface area (Å²) in [6, 6.07) is 5.34. The lowest BCUT2D eigenvalue weighted by Crippen LogP contribution is -2.51. The Hall–Kier alpha value is -3.84. The van der Waals surface area contributed by atoms with E-state index in [1.807, 2.05) is 0 Å². The van der Waals surface area contributed by atoms with Crippen LogP contribution in [0.3, 0.4) is 0 Å². The molecule has 1 aromatic heterocycles. The lowest BCUT2D eigenvalue weighted by molar-refractivity contribution is -0.136. The number of carbonyl (C=O) groups is 3. The zero-order chi connectivity index (χ0) is 37.9. The number of ketones is 1. The average molecular weight is 754 g/mol. The van der Waals surface area contributed by atoms with Gasteiger partial charge in [0.1, 0.15) is 28.6 Å². The average Bonchev–Trinajstić information content (AvgIpc) is 3.84. The first-order valence-electron chi connectivity index (χ1n) is 17.4. The Bertz CT molecular complexity index is 1740. The van der Waals surface area contributed by atoms with E-state index in [4.69, 9.17) is 30.4 Å². The summed E-state index contributed by atoms with van der Waals surface area (Å²) in [4.78, 5) is 57.9. The van der Waals surface area contributed by atoms with Crippen molar-refractivity contribution < 1.29 is 37.7 Å². The second kappa shape index (κ2) is 15.6. The number of morpholine rings is 1. The van der Waals surface area contributed by atoms with Gasteiger partial charge in [-0.2, -0.15) is 0 Å². The molecule has 0 radical (unpaired) electrons. The number of aromatic nitrogens is 2. The maximum absolute atomic E-state index is 16.1. The molecule has 15 heteroatoms. The van der Waals surface area contributed by atoms with Crippen LogP contribution in [0.25, 0.3) is 0 Å². The molecule has 2 aromatic rings. The summed E-state index contributed by atoms with van der Waals surface area (Å²) in [5, 5.41) is 0.211. The molecule has 0 unspecified atom stereocenters. The predicted molar refractivity (Wildman–Crippen MR) is 198 cm³/mol. The summed E-state index contributed by atoms with van der Waals surface area (Å²) in [7, 11) is -1.45. The largest absolute Gasteiger partial charge is 0.463 e. The van der Waals surface area contributed by atoms with Gasteiger partial charge < -0.3 is 23.8 Å². The molecule has 0 bridgehead atoms. The highest BCUT2D eigenvalue weighted by molar-refractivity contribution is 8.16. The molecular weight excluding hydrogens is 706 g/mol. The number of benzene rings is 1. The van der Waals surface area contributed by atoms with E-state index in [1.54, 1.807) is 44.7 Å². The fourth-order valence-corrected chi connectivity index (χ4v) is 8.58. The van der Waals surface area contributed by atoms with Crippen molar-refractivity contribution >= 4 is 42.8 Å². The monoisotopic (exact) mass is 753 g/mol. The minimum atomic E-state index is -1.45. The van der Waals surface area contributed by atoms with Gasteiger partial charge in [-0.1, -0.05) is 43.4 Å². The minimum Gasteiger partial charge on any atom is -0.463 e. The highest BCUT2D eigenvalue weighted by Crippen LogP contribution is 2.67. The summed E-state index contributed by atoms with van der Waals surface area (Å²) in [5.41, 5.74) is -1.27. The van der Waals surface area contributed by atoms with Gasteiger partial charge in [-0.05, 0) is 57.9 Å². The number of rotatable bonds is 12. The van der Waals surface area contributed by atoms with Gasteiger partial charge >= 0.3 is 6.09 Å². The molecule has 3 heterocycles. The third-order valence-electron chi connectivity index (χ3n) is 9.07. The van der Waals surface area contributed by atoms with E-state index >= 15 is 4.39 Å². The number of Topliss-reactive ketones (excluding diaryl/α,β-unsaturated/α-hetero) is 1. The van der Waals surface area contributed by atoms with E-state index in [1.165, 1.54) is 35.1 Å². The Morgan fingerprint density at radius 3 is 2.54 bits per heavy atom. The number of terminal acetylenes is 1. The van der Waals surface area contributed by atoms with Crippen LogP contribution in [-0.4, -0.2) is 107 Å². The van der Waals surface area contributed by atoms with Crippen LogP contribution in [0.2, 0.25) is 25.7 Å². The summed E-state index contributed by atoms with van der Waals surface area (Å²) in [6.45, 7) is 15.8. The second-order valence-corrected chi connectivity index (χ2v) is 22.5. The number of ether oxygens (including phenoxy) is 4. The molecule has 52 heavy (non-hydrogen) atoms. The van der Waals surface area contributed by atoms with E-state index in [0.29, 0.717) is 44.9 Å². The van der Waals surface area contributed by atoms with Crippen LogP contribution >= 0.6 is 11.8 Å². The van der Waals surface area contributed by atoms with Gasteiger partial charge in [0, 0.05) is 45.7 Å². The molecule has 2 amide bonds. The van der Waals surface area contributed by atoms with Crippen LogP contribution in [0.4, 0.5) is 9.18 Å². The number of thioether (sulfide) groups is 1. The van der Waals surface area contributed by atoms with Crippen molar-refractivity contribution in [2.24, 2.45) is 10.9 Å². The summed E-state index contributed by atoms with van der Waals surface area (Å²) in [6.07, 6.45) is 7.48. The van der Waals surface area contributed by atoms with Crippen LogP contribution in [0.5, 0.6) is 5.88 Å². The molecule has 1 aliphatic carbocycles. The molecule has 3 atom stereocenters. The predicted octanol–water partition coefficient (Wildman–Crippen LogP) is 5.54. The Morgan fingerprint density at radius 2 is 1.90 bits per heavy atom. The van der Waals surface area contributed by atoms with Crippen molar-refractivity contribution in [3.63, 3.8) is 0 Å². The minimum absolute atomic E-state index is 0.0171. The molecular formula is C37H48FN5O7SSi. The first-order valence-corrected chi connectivity index (χ1v) is 21.9. The molecule has 0 spiro atoms. The first kappa shape index (κ1) is 39.4. The topological polar surface area (TPSA) is 133 Å². The highest BCUT2D eigenvalue weighted by atomic mass is 32.2. The maximum Gasteiger partial charge on any atom is 0.418 e. The molecule has 2 fully saturated rings. The number of amides is 2. The zero-order valence-corrected chi connectivity index (χ0v) is 32.8. The number of aliphatic imine (C=N–C) groups is 1. The molecule has 280 valence electrons. The van der Waals surface area contributed by atoms with E-state index in [9.17, 15) is 14.4 Å². The van der Waals surface area contributed by atoms with Gasteiger partial charge in [-0.3, -0.25) is 14.6 Å². The molecule has 2 aliphatic heterocycles. The molecule has 0 N–H and O–H groups in total. The summed E-state index contributed by atoms with van der Waals surface area (Å²) < 4.78 is 37.7. The molecule has 1 saturated carbocycles. The highest BCUT2D eigenvalue weighted by Gasteiger charge is 2.72. The van der Waals surface area contributed by atoms with Gasteiger partial charge in [0.15, 0.2) is 17.6 Å². The zero-order valence-electron chi connectivity index (χ0n) is 31.0. The van der Waals surface area contributed by atoms with Crippen LogP contribution in [0.1, 0.15) is 55.7 Å². The van der Waals surface area contributed by atoms with Gasteiger partial charge in [-0.25, -0.2) is 24.1 Å². The van der Waals surface area contributed by atoms with Gasteiger partial charge in [-0.15, -0.1) is 6.42 Å². The maximum atomic E-state index is 16.1. The number of amidine groups is 1. The van der Waals surface area contributed by atoms with E-state index in [0.717, 1.165) is 6.04 Å². The third kappa shape index (κ3) is 9.20. The Morgan fingerprint density at radius 1 is 1.17 bits per heavy atom. The lowest BCUT2D eigenvalue weighted by atomic mass is 9.84. The number of hydrogen-bond donors (Lipinski definition) is 0. The third-order valence-corrected chi connectivity index (χ3v) is 12.3. The van der Waals surface area contributed by atoms with Crippen molar-refractivity contribution in [1.29, 1.82) is 0 Å². The number of carbonyl (C=O) groups excluding carboxylic acids is 3. The van der Waals surface area contributed by atoms with E-state index < -0.39 is 41.8 Å². The molecule has 5 rings (SSSR count). The van der Waals surface area contributed by atoms with Crippen molar-refractivity contribution in [1.82, 2.24) is 19.8 Å². The quantitative estimate of drug-likeness (QED) is 0.0896. The normalized spacial score (nSPS) is 22.8. The van der Waals surface area contributed by atoms with Crippen LogP contribution in [-0.2, 0) is 31.0 Å². The van der Waals surface area contributed by atoms with Crippen molar-refractivity contribution in [3.05, 3.63) is 53.2 Å². The molecule has 1 saturated heterocycles. The Balaban J connectivity index is 1.51. The summed E-state index contributed by atoms with van der Waals surface area (Å²) >= 11 is 1.22. The smallest absolute Gasteiger partial charge is 0.418 e. The number of halogens is 1. The fraction of sp³-hybridized carbons (Fsp3) is 0.568. The number of fused-ring (bicyclic) bond motifs is 1. The summed E-state index contributed by atoms with van der Waals surface area (Å²) in [5.74, 6) is 1.15. The van der Waals surface area contributed by atoms with Gasteiger partial charge in [0.05, 0.1) is 31.1 Å². The number of hydrogen-bond acceptors (Lipinski definition) is 11. The molecule has 3 aliphatic rings. The lowest BCUT2D eigenvalue weighted by Gasteiger charge is -2.39.